The van der Waals surface area contributed by atoms with Gasteiger partial charge in [0, 0.05) is 22.9 Å². The van der Waals surface area contributed by atoms with E-state index in [2.05, 4.69) is 59.2 Å². The first kappa shape index (κ1) is 20.4. The number of hydrogen-bond acceptors (Lipinski definition) is 4. The van der Waals surface area contributed by atoms with Crippen molar-refractivity contribution in [3.63, 3.8) is 0 Å². The molecule has 2 aromatic rings. The molecule has 6 rings (SSSR count). The third-order valence-corrected chi connectivity index (χ3v) is 8.10. The van der Waals surface area contributed by atoms with Crippen LogP contribution in [0.25, 0.3) is 0 Å². The van der Waals surface area contributed by atoms with Gasteiger partial charge in [0.05, 0.1) is 24.1 Å². The van der Waals surface area contributed by atoms with E-state index in [0.717, 1.165) is 25.6 Å². The maximum absolute atomic E-state index is 6.42. The zero-order valence-electron chi connectivity index (χ0n) is 18.2. The first-order valence-corrected chi connectivity index (χ1v) is 12.6. The normalized spacial score (nSPS) is 24.6. The number of rotatable bonds is 8. The molecule has 3 nitrogen and oxygen atoms in total. The zero-order chi connectivity index (χ0) is 20.3. The molecule has 4 heterocycles. The number of hydrogen-bond donors (Lipinski definition) is 0. The van der Waals surface area contributed by atoms with Crippen molar-refractivity contribution in [1.82, 2.24) is 4.90 Å². The molecule has 3 saturated heterocycles. The molecule has 30 heavy (non-hydrogen) atoms. The summed E-state index contributed by atoms with van der Waals surface area (Å²) in [7, 11) is 0. The molecule has 0 radical (unpaired) electrons. The van der Waals surface area contributed by atoms with Crippen molar-refractivity contribution in [2.24, 2.45) is 5.92 Å². The van der Waals surface area contributed by atoms with Crippen LogP contribution in [-0.4, -0.2) is 37.2 Å². The summed E-state index contributed by atoms with van der Waals surface area (Å²) in [5.74, 6) is 0.771. The molecule has 0 N–H and O–H groups in total. The molecule has 0 spiro atoms. The SMILES string of the molecule is CCCCCCN1c2ccccc2Sc2cc(COC3CN4CCC3CC4)ccc21. The maximum atomic E-state index is 6.42. The fourth-order valence-electron chi connectivity index (χ4n) is 5.21. The van der Waals surface area contributed by atoms with Gasteiger partial charge in [-0.15, -0.1) is 0 Å². The summed E-state index contributed by atoms with van der Waals surface area (Å²) < 4.78 is 6.42. The highest BCUT2D eigenvalue weighted by Gasteiger charge is 2.34. The molecule has 0 saturated carbocycles. The van der Waals surface area contributed by atoms with Gasteiger partial charge in [0.1, 0.15) is 0 Å². The van der Waals surface area contributed by atoms with E-state index in [1.54, 1.807) is 0 Å². The molecule has 3 fully saturated rings. The molecule has 160 valence electrons. The van der Waals surface area contributed by atoms with Gasteiger partial charge in [-0.3, -0.25) is 0 Å². The van der Waals surface area contributed by atoms with Gasteiger partial charge >= 0.3 is 0 Å². The van der Waals surface area contributed by atoms with Crippen LogP contribution in [0.4, 0.5) is 11.4 Å². The number of nitrogens with zero attached hydrogens (tertiary/aromatic N) is 2. The Morgan fingerprint density at radius 3 is 2.60 bits per heavy atom. The van der Waals surface area contributed by atoms with Crippen LogP contribution in [0.3, 0.4) is 0 Å². The second-order valence-corrected chi connectivity index (χ2v) is 10.2. The number of piperidine rings is 3. The Morgan fingerprint density at radius 2 is 1.80 bits per heavy atom. The Morgan fingerprint density at radius 1 is 0.967 bits per heavy atom. The van der Waals surface area contributed by atoms with E-state index >= 15 is 0 Å². The third-order valence-electron chi connectivity index (χ3n) is 6.99. The van der Waals surface area contributed by atoms with Crippen molar-refractivity contribution in [2.45, 2.75) is 68.0 Å². The minimum atomic E-state index is 0.423. The first-order valence-electron chi connectivity index (χ1n) is 11.8. The molecule has 2 bridgehead atoms. The van der Waals surface area contributed by atoms with Crippen molar-refractivity contribution in [1.29, 1.82) is 0 Å². The summed E-state index contributed by atoms with van der Waals surface area (Å²) in [6.07, 6.45) is 8.22. The molecular formula is C26H34N2OS. The lowest BCUT2D eigenvalue weighted by atomic mass is 9.86. The largest absolute Gasteiger partial charge is 0.372 e. The molecule has 4 heteroatoms. The lowest BCUT2D eigenvalue weighted by Gasteiger charge is -2.44. The number of fused-ring (bicyclic) bond motifs is 5. The summed E-state index contributed by atoms with van der Waals surface area (Å²) in [5.41, 5.74) is 4.03. The standard InChI is InChI=1S/C26H34N2OS/c1-2-3-4-7-14-28-22-8-5-6-9-25(22)30-26-17-20(10-11-23(26)28)19-29-24-18-27-15-12-21(24)13-16-27/h5-6,8-11,17,21,24H,2-4,7,12-16,18-19H2,1H3. The molecule has 0 aliphatic carbocycles. The topological polar surface area (TPSA) is 15.7 Å². The summed E-state index contributed by atoms with van der Waals surface area (Å²) in [6, 6.07) is 15.8. The quantitative estimate of drug-likeness (QED) is 0.452. The summed E-state index contributed by atoms with van der Waals surface area (Å²) in [4.78, 5) is 7.85. The van der Waals surface area contributed by atoms with Crippen molar-refractivity contribution >= 4 is 23.1 Å². The zero-order valence-corrected chi connectivity index (χ0v) is 19.0. The van der Waals surface area contributed by atoms with Crippen LogP contribution in [0, 0.1) is 5.92 Å². The summed E-state index contributed by atoms with van der Waals surface area (Å²) in [6.45, 7) is 7.78. The Balaban J connectivity index is 1.30. The highest BCUT2D eigenvalue weighted by Crippen LogP contribution is 2.48. The lowest BCUT2D eigenvalue weighted by Crippen LogP contribution is -2.51. The van der Waals surface area contributed by atoms with E-state index in [4.69, 9.17) is 4.74 Å². The molecule has 1 atom stereocenters. The van der Waals surface area contributed by atoms with E-state index in [9.17, 15) is 0 Å². The maximum Gasteiger partial charge on any atom is 0.0735 e. The minimum absolute atomic E-state index is 0.423. The molecule has 2 aromatic carbocycles. The van der Waals surface area contributed by atoms with E-state index in [0.29, 0.717) is 6.10 Å². The number of para-hydroxylation sites is 1. The van der Waals surface area contributed by atoms with E-state index in [1.165, 1.54) is 78.3 Å². The lowest BCUT2D eigenvalue weighted by molar-refractivity contribution is -0.0766. The highest BCUT2D eigenvalue weighted by atomic mass is 32.2. The minimum Gasteiger partial charge on any atom is -0.372 e. The van der Waals surface area contributed by atoms with Crippen LogP contribution >= 0.6 is 11.8 Å². The smallest absolute Gasteiger partial charge is 0.0735 e. The van der Waals surface area contributed by atoms with Crippen LogP contribution < -0.4 is 4.90 Å². The average Bonchev–Trinajstić information content (AvgIpc) is 2.80. The van der Waals surface area contributed by atoms with Gasteiger partial charge in [0.25, 0.3) is 0 Å². The molecule has 1 unspecified atom stereocenters. The van der Waals surface area contributed by atoms with Gasteiger partial charge in [-0.1, -0.05) is 56.1 Å². The molecule has 0 aromatic heterocycles. The van der Waals surface area contributed by atoms with Crippen LogP contribution in [-0.2, 0) is 11.3 Å². The fourth-order valence-corrected chi connectivity index (χ4v) is 6.37. The predicted octanol–water partition coefficient (Wildman–Crippen LogP) is 6.48. The van der Waals surface area contributed by atoms with Gasteiger partial charge < -0.3 is 14.5 Å². The summed E-state index contributed by atoms with van der Waals surface area (Å²) in [5, 5.41) is 0. The second kappa shape index (κ2) is 9.33. The Labute approximate surface area is 185 Å². The number of benzene rings is 2. The summed E-state index contributed by atoms with van der Waals surface area (Å²) >= 11 is 1.91. The predicted molar refractivity (Wildman–Crippen MR) is 126 cm³/mol. The molecular weight excluding hydrogens is 388 g/mol. The van der Waals surface area contributed by atoms with Crippen LogP contribution in [0.1, 0.15) is 51.0 Å². The second-order valence-electron chi connectivity index (χ2n) is 9.07. The van der Waals surface area contributed by atoms with E-state index < -0.39 is 0 Å². The molecule has 4 aliphatic rings. The number of ether oxygens (including phenoxy) is 1. The van der Waals surface area contributed by atoms with E-state index in [-0.39, 0.29) is 0 Å². The molecule has 0 amide bonds. The Kier molecular flexibility index (Phi) is 6.35. The molecule has 4 aliphatic heterocycles. The Bertz CT molecular complexity index is 862. The van der Waals surface area contributed by atoms with Crippen LogP contribution in [0.15, 0.2) is 52.3 Å². The fraction of sp³-hybridized carbons (Fsp3) is 0.538. The Hall–Kier alpha value is -1.49. The van der Waals surface area contributed by atoms with Gasteiger partial charge in [-0.2, -0.15) is 0 Å². The van der Waals surface area contributed by atoms with Crippen LogP contribution in [0.2, 0.25) is 0 Å². The van der Waals surface area contributed by atoms with Gasteiger partial charge in [-0.05, 0) is 68.1 Å². The van der Waals surface area contributed by atoms with Crippen LogP contribution in [0.5, 0.6) is 0 Å². The van der Waals surface area contributed by atoms with Gasteiger partial charge in [0.2, 0.25) is 0 Å². The third kappa shape index (κ3) is 4.28. The van der Waals surface area contributed by atoms with Gasteiger partial charge in [0.15, 0.2) is 0 Å². The van der Waals surface area contributed by atoms with Crippen molar-refractivity contribution in [3.05, 3.63) is 48.0 Å². The van der Waals surface area contributed by atoms with Crippen molar-refractivity contribution in [3.8, 4) is 0 Å². The monoisotopic (exact) mass is 422 g/mol. The van der Waals surface area contributed by atoms with E-state index in [1.807, 2.05) is 11.8 Å². The number of anilines is 2. The number of unbranched alkanes of at least 4 members (excludes halogenated alkanes) is 3. The highest BCUT2D eigenvalue weighted by molar-refractivity contribution is 7.99. The average molecular weight is 423 g/mol. The van der Waals surface area contributed by atoms with Crippen molar-refractivity contribution in [2.75, 3.05) is 31.1 Å². The van der Waals surface area contributed by atoms with Gasteiger partial charge in [-0.25, -0.2) is 0 Å². The van der Waals surface area contributed by atoms with Crippen molar-refractivity contribution < 1.29 is 4.74 Å². The first-order chi connectivity index (χ1) is 14.8.